The summed E-state index contributed by atoms with van der Waals surface area (Å²) >= 11 is 0. The molecule has 1 aromatic carbocycles. The number of amides is 1. The van der Waals surface area contributed by atoms with Crippen LogP contribution in [0.2, 0.25) is 0 Å². The average molecular weight is 398 g/mol. The van der Waals surface area contributed by atoms with Gasteiger partial charge < -0.3 is 20.6 Å². The van der Waals surface area contributed by atoms with Crippen LogP contribution < -0.4 is 10.6 Å². The first-order valence-corrected chi connectivity index (χ1v) is 8.83. The van der Waals surface area contributed by atoms with Gasteiger partial charge in [0.25, 0.3) is 0 Å². The number of anilines is 1. The number of hydrogen-bond donors (Lipinski definition) is 2. The Labute approximate surface area is 167 Å². The van der Waals surface area contributed by atoms with Crippen LogP contribution in [0.25, 0.3) is 0 Å². The molecule has 1 atom stereocenters. The lowest BCUT2D eigenvalue weighted by molar-refractivity contribution is -0.141. The molecule has 1 heterocycles. The Morgan fingerprint density at radius 3 is 2.28 bits per heavy atom. The summed E-state index contributed by atoms with van der Waals surface area (Å²) < 4.78 is 9.61. The van der Waals surface area contributed by atoms with Crippen molar-refractivity contribution in [3.05, 3.63) is 60.4 Å². The summed E-state index contributed by atoms with van der Waals surface area (Å²) in [6, 6.07) is 9.68. The summed E-state index contributed by atoms with van der Waals surface area (Å²) in [4.78, 5) is 42.3. The molecule has 152 valence electrons. The van der Waals surface area contributed by atoms with Crippen LogP contribution in [0.3, 0.4) is 0 Å². The molecule has 1 amide bonds. The largest absolute Gasteiger partial charge is 0.516 e. The summed E-state index contributed by atoms with van der Waals surface area (Å²) in [7, 11) is 0. The average Bonchev–Trinajstić information content (AvgIpc) is 2.71. The number of nitrogens with two attached hydrogens (primary N) is 1. The van der Waals surface area contributed by atoms with Crippen LogP contribution in [0.5, 0.6) is 0 Å². The van der Waals surface area contributed by atoms with Gasteiger partial charge >= 0.3 is 12.1 Å². The van der Waals surface area contributed by atoms with E-state index in [4.69, 9.17) is 20.6 Å². The quantitative estimate of drug-likeness (QED) is 0.413. The lowest BCUT2D eigenvalue weighted by Gasteiger charge is -2.30. The third kappa shape index (κ3) is 5.69. The van der Waals surface area contributed by atoms with E-state index in [9.17, 15) is 14.4 Å². The summed E-state index contributed by atoms with van der Waals surface area (Å²) in [6.45, 7) is 2.77. The Morgan fingerprint density at radius 1 is 1.10 bits per heavy atom. The van der Waals surface area contributed by atoms with Crippen molar-refractivity contribution >= 4 is 29.4 Å². The van der Waals surface area contributed by atoms with Crippen LogP contribution in [0.1, 0.15) is 19.4 Å². The SMILES string of the molecule is CC(C)OC(=O)OC(=O)[C@H](C(=N)c1ccncc1)N(C(=O)CN)c1ccccc1. The van der Waals surface area contributed by atoms with Gasteiger partial charge in [0.15, 0.2) is 6.04 Å². The number of pyridine rings is 1. The molecule has 0 aliphatic heterocycles. The van der Waals surface area contributed by atoms with E-state index in [1.165, 1.54) is 24.5 Å². The van der Waals surface area contributed by atoms with E-state index in [1.807, 2.05) is 0 Å². The third-order valence-corrected chi connectivity index (χ3v) is 3.74. The van der Waals surface area contributed by atoms with Gasteiger partial charge in [-0.15, -0.1) is 0 Å². The van der Waals surface area contributed by atoms with Crippen LogP contribution in [-0.4, -0.2) is 47.4 Å². The fourth-order valence-electron chi connectivity index (χ4n) is 2.52. The van der Waals surface area contributed by atoms with E-state index in [1.54, 1.807) is 44.2 Å². The lowest BCUT2D eigenvalue weighted by atomic mass is 10.0. The van der Waals surface area contributed by atoms with Gasteiger partial charge in [-0.05, 0) is 38.1 Å². The Balaban J connectivity index is 2.49. The molecule has 29 heavy (non-hydrogen) atoms. The molecule has 0 unspecified atom stereocenters. The number of ether oxygens (including phenoxy) is 2. The second-order valence-electron chi connectivity index (χ2n) is 6.19. The number of para-hydroxylation sites is 1. The van der Waals surface area contributed by atoms with Gasteiger partial charge in [0, 0.05) is 23.6 Å². The standard InChI is InChI=1S/C20H22N4O5/c1-13(2)28-20(27)29-19(26)18(17(22)14-8-10-23-11-9-14)24(16(25)12-21)15-6-4-3-5-7-15/h3-11,13,18,22H,12,21H2,1-2H3/t18-/m0/s1. The number of esters is 1. The van der Waals surface area contributed by atoms with Crippen molar-refractivity contribution < 1.29 is 23.9 Å². The summed E-state index contributed by atoms with van der Waals surface area (Å²) in [6.07, 6.45) is 1.16. The topological polar surface area (TPSA) is 136 Å². The van der Waals surface area contributed by atoms with Crippen molar-refractivity contribution in [2.24, 2.45) is 5.73 Å². The van der Waals surface area contributed by atoms with Gasteiger partial charge in [0.05, 0.1) is 18.4 Å². The second-order valence-corrected chi connectivity index (χ2v) is 6.19. The zero-order valence-corrected chi connectivity index (χ0v) is 16.1. The predicted molar refractivity (Wildman–Crippen MR) is 106 cm³/mol. The van der Waals surface area contributed by atoms with Crippen molar-refractivity contribution in [1.82, 2.24) is 4.98 Å². The van der Waals surface area contributed by atoms with E-state index in [-0.39, 0.29) is 5.71 Å². The summed E-state index contributed by atoms with van der Waals surface area (Å²) in [5.41, 5.74) is 5.92. The predicted octanol–water partition coefficient (Wildman–Crippen LogP) is 1.90. The minimum atomic E-state index is -1.56. The smallest absolute Gasteiger partial charge is 0.431 e. The van der Waals surface area contributed by atoms with Gasteiger partial charge in [-0.3, -0.25) is 14.7 Å². The number of rotatable bonds is 7. The van der Waals surface area contributed by atoms with Crippen molar-refractivity contribution in [2.45, 2.75) is 26.0 Å². The molecule has 0 saturated heterocycles. The van der Waals surface area contributed by atoms with Gasteiger partial charge in [-0.1, -0.05) is 18.2 Å². The highest BCUT2D eigenvalue weighted by Gasteiger charge is 2.37. The summed E-state index contributed by atoms with van der Waals surface area (Å²) in [5, 5.41) is 8.54. The number of aromatic nitrogens is 1. The molecule has 0 aliphatic carbocycles. The van der Waals surface area contributed by atoms with Crippen LogP contribution in [0.4, 0.5) is 10.5 Å². The Kier molecular flexibility index (Phi) is 7.55. The maximum Gasteiger partial charge on any atom is 0.516 e. The van der Waals surface area contributed by atoms with Crippen LogP contribution >= 0.6 is 0 Å². The van der Waals surface area contributed by atoms with E-state index < -0.39 is 36.7 Å². The first-order chi connectivity index (χ1) is 13.8. The molecule has 3 N–H and O–H groups in total. The normalized spacial score (nSPS) is 11.4. The highest BCUT2D eigenvalue weighted by atomic mass is 16.7. The van der Waals surface area contributed by atoms with E-state index in [0.717, 1.165) is 4.90 Å². The van der Waals surface area contributed by atoms with Gasteiger partial charge in [0.1, 0.15) is 0 Å². The number of nitrogens with one attached hydrogen (secondary N) is 1. The molecule has 0 aliphatic rings. The molecular weight excluding hydrogens is 376 g/mol. The number of benzene rings is 1. The molecular formula is C20H22N4O5. The molecule has 9 heteroatoms. The molecule has 1 aromatic heterocycles. The molecule has 0 radical (unpaired) electrons. The van der Waals surface area contributed by atoms with Crippen LogP contribution in [0, 0.1) is 5.41 Å². The number of hydrogen-bond acceptors (Lipinski definition) is 8. The zero-order valence-electron chi connectivity index (χ0n) is 16.1. The zero-order chi connectivity index (χ0) is 21.4. The summed E-state index contributed by atoms with van der Waals surface area (Å²) in [5.74, 6) is -1.77. The molecule has 2 aromatic rings. The number of carbonyl (C=O) groups is 3. The first-order valence-electron chi connectivity index (χ1n) is 8.83. The van der Waals surface area contributed by atoms with Gasteiger partial charge in [0.2, 0.25) is 5.91 Å². The second kappa shape index (κ2) is 10.1. The minimum Gasteiger partial charge on any atom is -0.431 e. The molecule has 0 bridgehead atoms. The first kappa shape index (κ1) is 21.7. The van der Waals surface area contributed by atoms with Crippen molar-refractivity contribution in [3.63, 3.8) is 0 Å². The van der Waals surface area contributed by atoms with E-state index in [2.05, 4.69) is 4.98 Å². The van der Waals surface area contributed by atoms with E-state index >= 15 is 0 Å². The molecule has 2 rings (SSSR count). The monoisotopic (exact) mass is 398 g/mol. The maximum atomic E-state index is 12.9. The Morgan fingerprint density at radius 2 is 1.72 bits per heavy atom. The van der Waals surface area contributed by atoms with Gasteiger partial charge in [-0.25, -0.2) is 9.59 Å². The fraction of sp³-hybridized carbons (Fsp3) is 0.250. The minimum absolute atomic E-state index is 0.264. The Hall–Kier alpha value is -3.59. The number of nitrogens with zero attached hydrogens (tertiary/aromatic N) is 2. The van der Waals surface area contributed by atoms with Crippen LogP contribution in [-0.2, 0) is 19.1 Å². The Bertz CT molecular complexity index is 871. The van der Waals surface area contributed by atoms with Crippen LogP contribution in [0.15, 0.2) is 54.9 Å². The van der Waals surface area contributed by atoms with Gasteiger partial charge in [-0.2, -0.15) is 0 Å². The molecule has 0 spiro atoms. The molecule has 0 saturated carbocycles. The highest BCUT2D eigenvalue weighted by molar-refractivity contribution is 6.20. The van der Waals surface area contributed by atoms with Crippen molar-refractivity contribution in [2.75, 3.05) is 11.4 Å². The lowest BCUT2D eigenvalue weighted by Crippen LogP contribution is -2.53. The fourth-order valence-corrected chi connectivity index (χ4v) is 2.52. The van der Waals surface area contributed by atoms with Crippen molar-refractivity contribution in [3.8, 4) is 0 Å². The number of carbonyl (C=O) groups excluding carboxylic acids is 3. The molecule has 0 fully saturated rings. The van der Waals surface area contributed by atoms with E-state index in [0.29, 0.717) is 11.3 Å². The third-order valence-electron chi connectivity index (χ3n) is 3.74. The molecule has 9 nitrogen and oxygen atoms in total. The highest BCUT2D eigenvalue weighted by Crippen LogP contribution is 2.21. The maximum absolute atomic E-state index is 12.9. The van der Waals surface area contributed by atoms with Crippen molar-refractivity contribution in [1.29, 1.82) is 5.41 Å².